The van der Waals surface area contributed by atoms with Crippen molar-refractivity contribution in [3.63, 3.8) is 0 Å². The van der Waals surface area contributed by atoms with Gasteiger partial charge >= 0.3 is 0 Å². The van der Waals surface area contributed by atoms with Gasteiger partial charge in [-0.25, -0.2) is 9.36 Å². The molecule has 0 unspecified atom stereocenters. The van der Waals surface area contributed by atoms with Gasteiger partial charge < -0.3 is 0 Å². The summed E-state index contributed by atoms with van der Waals surface area (Å²) >= 11 is 0. The zero-order valence-electron chi connectivity index (χ0n) is 62.2. The molecule has 0 aliphatic rings. The third-order valence-corrected chi connectivity index (χ3v) is 18.7. The summed E-state index contributed by atoms with van der Waals surface area (Å²) in [4.78, 5) is 1.66. The Labute approximate surface area is 689 Å². The van der Waals surface area contributed by atoms with Crippen molar-refractivity contribution in [1.82, 2.24) is 54.8 Å². The van der Waals surface area contributed by atoms with Gasteiger partial charge in [0.2, 0.25) is 0 Å². The Hall–Kier alpha value is -10.1. The standard InChI is InChI=1S/C25H23N2.2C23H20N3.C22H18N3.4Ir/c1-17-15-22(21-11-7-5-8-12-21)16-18(2)24(17)25-19(3)26-27(20(25)4)23-13-9-6-10-14-23;1-16-14-20(19-10-6-4-7-11-19)15-17(2)22(16)23-18(3)26(25-24-23)21-12-8-5-9-13-21;1-16-14-20(19-10-6-4-7-11-19)15-17(2)22(16)23-18(3)24-26(25-23)21-12-8-5-9-13-21;1-16-13-19(18-9-5-3-6-10-18)14-17(2)22(16)21-15-25(24-23-21)20-11-7-4-8-12-20;;;;/h5-13,15-16H,1-4H3;2*4-12,14-15H,1-3H3;3-11,13-15H,1-2H3;;;;/q4*-1;;;;. The van der Waals surface area contributed by atoms with E-state index in [-0.39, 0.29) is 80.4 Å². The monoisotopic (exact) mass is 2120 g/mol. The summed E-state index contributed by atoms with van der Waals surface area (Å²) in [5.41, 5.74) is 36.1. The van der Waals surface area contributed by atoms with Crippen molar-refractivity contribution in [3.8, 4) is 112 Å². The van der Waals surface area contributed by atoms with E-state index in [0.29, 0.717) is 0 Å². The minimum atomic E-state index is 0. The van der Waals surface area contributed by atoms with Gasteiger partial charge in [-0.05, 0) is 200 Å². The topological polar surface area (TPSA) is 110 Å². The molecule has 16 rings (SSSR count). The normalized spacial score (nSPS) is 10.5. The van der Waals surface area contributed by atoms with Crippen LogP contribution in [0.3, 0.4) is 0 Å². The molecule has 0 N–H and O–H groups in total. The van der Waals surface area contributed by atoms with E-state index < -0.39 is 0 Å². The third-order valence-electron chi connectivity index (χ3n) is 18.7. The zero-order chi connectivity index (χ0) is 72.4. The number of para-hydroxylation sites is 4. The average Bonchev–Trinajstić information content (AvgIpc) is 1.57. The number of aromatic nitrogens is 11. The van der Waals surface area contributed by atoms with Gasteiger partial charge in [0.05, 0.1) is 23.3 Å². The maximum absolute atomic E-state index is 4.81. The molecule has 0 aliphatic carbocycles. The second-order valence-corrected chi connectivity index (χ2v) is 26.3. The molecule has 0 amide bonds. The minimum absolute atomic E-state index is 0. The maximum atomic E-state index is 4.81. The molecule has 16 aromatic rings. The fraction of sp³-hybridized carbons (Fsp3) is 0.129. The van der Waals surface area contributed by atoms with Crippen molar-refractivity contribution in [2.45, 2.75) is 83.1 Å². The molecule has 0 atom stereocenters. The van der Waals surface area contributed by atoms with Gasteiger partial charge in [0, 0.05) is 108 Å². The van der Waals surface area contributed by atoms with Crippen LogP contribution < -0.4 is 0 Å². The summed E-state index contributed by atoms with van der Waals surface area (Å²) in [5, 5.41) is 31.6. The summed E-state index contributed by atoms with van der Waals surface area (Å²) in [6.07, 6.45) is 1.96. The van der Waals surface area contributed by atoms with Gasteiger partial charge in [-0.2, -0.15) is 117 Å². The third kappa shape index (κ3) is 18.5. The second-order valence-electron chi connectivity index (χ2n) is 26.3. The van der Waals surface area contributed by atoms with Gasteiger partial charge in [-0.3, -0.25) is 4.68 Å². The van der Waals surface area contributed by atoms with Crippen molar-refractivity contribution in [2.75, 3.05) is 0 Å². The van der Waals surface area contributed by atoms with Crippen LogP contribution in [0.15, 0.2) is 273 Å². The van der Waals surface area contributed by atoms with Crippen molar-refractivity contribution in [1.29, 1.82) is 0 Å². The Morgan fingerprint density at radius 3 is 0.991 bits per heavy atom. The average molecular weight is 2120 g/mol. The number of benzene rings is 12. The summed E-state index contributed by atoms with van der Waals surface area (Å²) < 4.78 is 5.60. The molecule has 0 bridgehead atoms. The van der Waals surface area contributed by atoms with Crippen LogP contribution in [-0.2, 0) is 80.4 Å². The number of nitrogens with zero attached hydrogens (tertiary/aromatic N) is 11. The molecule has 4 heterocycles. The molecule has 0 aliphatic heterocycles. The van der Waals surface area contributed by atoms with E-state index in [2.05, 4.69) is 278 Å². The molecule has 548 valence electrons. The molecule has 12 aromatic carbocycles. The van der Waals surface area contributed by atoms with Gasteiger partial charge in [0.25, 0.3) is 0 Å². The van der Waals surface area contributed by atoms with E-state index in [0.717, 1.165) is 79.3 Å². The molecule has 108 heavy (non-hydrogen) atoms. The molecule has 0 fully saturated rings. The summed E-state index contributed by atoms with van der Waals surface area (Å²) in [6.45, 7) is 25.5. The maximum Gasteiger partial charge on any atom is 0.116 e. The predicted octanol–water partition coefficient (Wildman–Crippen LogP) is 21.9. The smallest absolute Gasteiger partial charge is 0.116 e. The molecule has 11 nitrogen and oxygen atoms in total. The van der Waals surface area contributed by atoms with Gasteiger partial charge in [0.15, 0.2) is 0 Å². The molecular formula is C93H81Ir4N11-4. The van der Waals surface area contributed by atoms with E-state index in [1.807, 2.05) is 138 Å². The first-order valence-electron chi connectivity index (χ1n) is 35.0. The minimum Gasteiger partial charge on any atom is -0.262 e. The Balaban J connectivity index is 0.000000164. The fourth-order valence-electron chi connectivity index (χ4n) is 13.9. The molecule has 0 spiro atoms. The van der Waals surface area contributed by atoms with E-state index in [1.165, 1.54) is 100 Å². The number of aryl methyl sites for hydroxylation is 10. The number of hydrogen-bond acceptors (Lipinski definition) is 7. The summed E-state index contributed by atoms with van der Waals surface area (Å²) in [7, 11) is 0. The van der Waals surface area contributed by atoms with Crippen molar-refractivity contribution < 1.29 is 80.4 Å². The Morgan fingerprint density at radius 2 is 0.602 bits per heavy atom. The van der Waals surface area contributed by atoms with Crippen molar-refractivity contribution >= 4 is 0 Å². The van der Waals surface area contributed by atoms with E-state index >= 15 is 0 Å². The SMILES string of the molecule is Cc1cc(-c2ccccc2)cc(C)c1-c1c(C)nn(-c2[c-]cccc2)c1C.Cc1cc(-c2ccccc2)cc(C)c1-c1cn(-c2[c-]cccc2)nn1.Cc1cc(-c2ccccc2)cc(C)c1-c1nn(-c2[c-]cccc2)nc1C.Cc1cc(-c2ccccc2)cc(C)c1-c1nnn(-c2[c-]cccc2)c1C.[Ir].[Ir].[Ir].[Ir]. The van der Waals surface area contributed by atoms with Crippen molar-refractivity contribution in [2.24, 2.45) is 0 Å². The summed E-state index contributed by atoms with van der Waals surface area (Å²) in [5.74, 6) is 0. The largest absolute Gasteiger partial charge is 0.262 e. The van der Waals surface area contributed by atoms with Crippen LogP contribution in [0.2, 0.25) is 0 Å². The Bertz CT molecular complexity index is 5420. The molecule has 15 heteroatoms. The molecule has 4 aromatic heterocycles. The molecule has 0 saturated carbocycles. The first-order chi connectivity index (χ1) is 50.6. The zero-order valence-corrected chi connectivity index (χ0v) is 71.8. The van der Waals surface area contributed by atoms with E-state index in [4.69, 9.17) is 10.2 Å². The summed E-state index contributed by atoms with van der Waals surface area (Å²) in [6, 6.07) is 104. The van der Waals surface area contributed by atoms with Crippen LogP contribution in [0.1, 0.15) is 67.3 Å². The molecule has 4 radical (unpaired) electrons. The van der Waals surface area contributed by atoms with Gasteiger partial charge in [0.1, 0.15) is 17.1 Å². The van der Waals surface area contributed by atoms with Crippen LogP contribution in [0, 0.1) is 107 Å². The first kappa shape index (κ1) is 81.9. The Kier molecular flexibility index (Phi) is 28.5. The first-order valence-corrected chi connectivity index (χ1v) is 35.0. The molecule has 0 saturated heterocycles. The van der Waals surface area contributed by atoms with E-state index in [1.54, 1.807) is 9.48 Å². The Morgan fingerprint density at radius 1 is 0.259 bits per heavy atom. The fourth-order valence-corrected chi connectivity index (χ4v) is 13.9. The molecular weight excluding hydrogens is 2040 g/mol. The number of hydrogen-bond donors (Lipinski definition) is 0. The second kappa shape index (κ2) is 37.6. The van der Waals surface area contributed by atoms with Crippen LogP contribution in [0.25, 0.3) is 112 Å². The van der Waals surface area contributed by atoms with Crippen LogP contribution in [0.5, 0.6) is 0 Å². The van der Waals surface area contributed by atoms with Crippen LogP contribution in [0.4, 0.5) is 0 Å². The quantitative estimate of drug-likeness (QED) is 0.112. The number of rotatable bonds is 12. The van der Waals surface area contributed by atoms with Gasteiger partial charge in [-0.1, -0.05) is 180 Å². The predicted molar refractivity (Wildman–Crippen MR) is 423 cm³/mol. The van der Waals surface area contributed by atoms with E-state index in [9.17, 15) is 0 Å². The van der Waals surface area contributed by atoms with Crippen LogP contribution in [-0.4, -0.2) is 54.8 Å². The van der Waals surface area contributed by atoms with Crippen molar-refractivity contribution in [3.05, 3.63) is 365 Å². The van der Waals surface area contributed by atoms with Crippen LogP contribution >= 0.6 is 0 Å². The van der Waals surface area contributed by atoms with Gasteiger partial charge in [-0.15, -0.1) is 34.5 Å².